The molecule has 1 aliphatic rings. The minimum Gasteiger partial charge on any atom is -0.392 e. The zero-order valence-corrected chi connectivity index (χ0v) is 15.0. The number of aliphatic hydroxyl groups is 1. The van der Waals surface area contributed by atoms with E-state index in [1.54, 1.807) is 31.3 Å². The molecule has 3 rings (SSSR count). The first-order valence-electron chi connectivity index (χ1n) is 8.09. The Labute approximate surface area is 152 Å². The van der Waals surface area contributed by atoms with Crippen LogP contribution in [0.5, 0.6) is 0 Å². The predicted molar refractivity (Wildman–Crippen MR) is 99.7 cm³/mol. The number of likely N-dealkylation sites (N-methyl/N-ethyl adjacent to an activating group) is 1. The number of para-hydroxylation sites is 3. The number of hydrogen-bond donors (Lipinski definition) is 4. The molecule has 2 aromatic carbocycles. The third kappa shape index (κ3) is 3.24. The van der Waals surface area contributed by atoms with E-state index in [9.17, 15) is 23.0 Å². The van der Waals surface area contributed by atoms with Crippen molar-refractivity contribution in [1.29, 1.82) is 0 Å². The van der Waals surface area contributed by atoms with Crippen molar-refractivity contribution >= 4 is 28.0 Å². The van der Waals surface area contributed by atoms with E-state index in [2.05, 4.69) is 5.32 Å². The quantitative estimate of drug-likeness (QED) is 0.610. The molecular weight excluding hydrogens is 364 g/mol. The number of halogens is 2. The van der Waals surface area contributed by atoms with E-state index >= 15 is 0 Å². The fraction of sp³-hybridized carbons (Fsp3) is 0.294. The van der Waals surface area contributed by atoms with E-state index in [-0.39, 0.29) is 13.0 Å². The molecule has 0 unspecified atom stereocenters. The van der Waals surface area contributed by atoms with Crippen LogP contribution in [-0.4, -0.2) is 40.5 Å². The largest absolute Gasteiger partial charge is 0.392 e. The van der Waals surface area contributed by atoms with Crippen LogP contribution >= 0.6 is 11.0 Å². The van der Waals surface area contributed by atoms with Gasteiger partial charge in [-0.25, -0.2) is 13.1 Å². The summed E-state index contributed by atoms with van der Waals surface area (Å²) in [6, 6.07) is 9.91. The van der Waals surface area contributed by atoms with E-state index in [0.717, 1.165) is 16.4 Å². The summed E-state index contributed by atoms with van der Waals surface area (Å²) in [5.74, 6) is -1.78. The Morgan fingerprint density at radius 2 is 1.65 bits per heavy atom. The van der Waals surface area contributed by atoms with Crippen molar-refractivity contribution in [2.75, 3.05) is 28.7 Å². The van der Waals surface area contributed by atoms with E-state index < -0.39 is 34.4 Å². The maximum Gasteiger partial charge on any atom is 0.151 e. The van der Waals surface area contributed by atoms with Gasteiger partial charge in [0.1, 0.15) is 5.69 Å². The summed E-state index contributed by atoms with van der Waals surface area (Å²) in [7, 11) is -2.04. The van der Waals surface area contributed by atoms with E-state index in [4.69, 9.17) is 0 Å². The van der Waals surface area contributed by atoms with Crippen molar-refractivity contribution in [2.24, 2.45) is 0 Å². The normalized spacial score (nSPS) is 17.9. The first-order chi connectivity index (χ1) is 12.4. The van der Waals surface area contributed by atoms with Crippen LogP contribution in [0.1, 0.15) is 6.42 Å². The van der Waals surface area contributed by atoms with Gasteiger partial charge in [0, 0.05) is 13.1 Å². The second-order valence-electron chi connectivity index (χ2n) is 5.95. The molecule has 0 radical (unpaired) electrons. The Bertz CT molecular complexity index is 773. The Morgan fingerprint density at radius 3 is 2.27 bits per heavy atom. The summed E-state index contributed by atoms with van der Waals surface area (Å²) < 4.78 is 52.5. The van der Waals surface area contributed by atoms with Gasteiger partial charge in [0.2, 0.25) is 0 Å². The minimum atomic E-state index is -3.74. The highest BCUT2D eigenvalue weighted by Gasteiger charge is 2.43. The molecule has 1 heterocycles. The number of rotatable bonds is 6. The van der Waals surface area contributed by atoms with Gasteiger partial charge in [0.05, 0.1) is 17.5 Å². The molecule has 0 spiro atoms. The van der Waals surface area contributed by atoms with Crippen LogP contribution in [0.2, 0.25) is 0 Å². The Morgan fingerprint density at radius 1 is 1.04 bits per heavy atom. The van der Waals surface area contributed by atoms with Crippen LogP contribution in [0.25, 0.3) is 0 Å². The molecule has 1 aliphatic heterocycles. The fourth-order valence-electron chi connectivity index (χ4n) is 2.98. The highest BCUT2D eigenvalue weighted by atomic mass is 32.3. The Hall–Kier alpha value is -1.91. The van der Waals surface area contributed by atoms with Crippen molar-refractivity contribution < 1.29 is 23.0 Å². The fourth-order valence-corrected chi connectivity index (χ4v) is 4.79. The molecule has 0 amide bonds. The lowest BCUT2D eigenvalue weighted by Gasteiger charge is -2.44. The summed E-state index contributed by atoms with van der Waals surface area (Å²) in [6.45, 7) is 0.453. The summed E-state index contributed by atoms with van der Waals surface area (Å²) >= 11 is 0. The molecule has 0 fully saturated rings. The smallest absolute Gasteiger partial charge is 0.151 e. The number of anilines is 3. The van der Waals surface area contributed by atoms with Gasteiger partial charge in [-0.05, 0) is 48.7 Å². The second kappa shape index (κ2) is 7.37. The molecule has 0 aromatic heterocycles. The van der Waals surface area contributed by atoms with E-state index in [1.165, 1.54) is 10.4 Å². The van der Waals surface area contributed by atoms with Crippen molar-refractivity contribution in [3.05, 3.63) is 54.1 Å². The molecular formula is C17H21F2N3O3S. The SMILES string of the molecule is CNC[C@H](O)CCN1c2ccccc2N(c2c(F)cccc2F)S1(O)O. The van der Waals surface area contributed by atoms with Gasteiger partial charge < -0.3 is 10.4 Å². The van der Waals surface area contributed by atoms with Gasteiger partial charge in [-0.1, -0.05) is 18.2 Å². The van der Waals surface area contributed by atoms with Gasteiger partial charge in [-0.15, -0.1) is 0 Å². The Balaban J connectivity index is 2.02. The second-order valence-corrected chi connectivity index (χ2v) is 7.73. The van der Waals surface area contributed by atoms with E-state index in [1.807, 2.05) is 0 Å². The third-order valence-corrected chi connectivity index (χ3v) is 6.00. The number of nitrogens with one attached hydrogen (secondary N) is 1. The monoisotopic (exact) mass is 385 g/mol. The number of hydrogen-bond acceptors (Lipinski definition) is 6. The first-order valence-corrected chi connectivity index (χ1v) is 9.56. The van der Waals surface area contributed by atoms with Crippen molar-refractivity contribution in [3.8, 4) is 0 Å². The van der Waals surface area contributed by atoms with E-state index in [0.29, 0.717) is 17.9 Å². The number of fused-ring (bicyclic) bond motifs is 1. The molecule has 0 bridgehead atoms. The first kappa shape index (κ1) is 18.9. The van der Waals surface area contributed by atoms with Gasteiger partial charge in [-0.2, -0.15) is 0 Å². The topological polar surface area (TPSA) is 79.2 Å². The number of nitrogens with zero attached hydrogens (tertiary/aromatic N) is 2. The van der Waals surface area contributed by atoms with Crippen LogP contribution in [0.15, 0.2) is 42.5 Å². The zero-order chi connectivity index (χ0) is 18.9. The summed E-state index contributed by atoms with van der Waals surface area (Å²) in [6.07, 6.45) is -0.444. The highest BCUT2D eigenvalue weighted by Crippen LogP contribution is 2.64. The Kier molecular flexibility index (Phi) is 5.35. The molecule has 6 nitrogen and oxygen atoms in total. The summed E-state index contributed by atoms with van der Waals surface area (Å²) in [5.41, 5.74) is 0.213. The molecule has 0 saturated heterocycles. The average molecular weight is 385 g/mol. The average Bonchev–Trinajstić information content (AvgIpc) is 2.80. The predicted octanol–water partition coefficient (Wildman–Crippen LogP) is 3.47. The molecule has 142 valence electrons. The van der Waals surface area contributed by atoms with Gasteiger partial charge in [0.25, 0.3) is 0 Å². The van der Waals surface area contributed by atoms with Crippen molar-refractivity contribution in [1.82, 2.24) is 5.32 Å². The number of aliphatic hydroxyl groups excluding tert-OH is 1. The van der Waals surface area contributed by atoms with Crippen molar-refractivity contribution in [3.63, 3.8) is 0 Å². The van der Waals surface area contributed by atoms with Crippen LogP contribution in [0, 0.1) is 11.6 Å². The maximum absolute atomic E-state index is 14.3. The van der Waals surface area contributed by atoms with Crippen LogP contribution < -0.4 is 13.9 Å². The van der Waals surface area contributed by atoms with Crippen LogP contribution in [0.3, 0.4) is 0 Å². The number of benzene rings is 2. The lowest BCUT2D eigenvalue weighted by Crippen LogP contribution is -2.35. The molecule has 1 atom stereocenters. The maximum atomic E-state index is 14.3. The molecule has 26 heavy (non-hydrogen) atoms. The minimum absolute atomic E-state index is 0.106. The molecule has 4 N–H and O–H groups in total. The third-order valence-electron chi connectivity index (χ3n) is 4.16. The molecule has 0 aliphatic carbocycles. The van der Waals surface area contributed by atoms with Crippen LogP contribution in [0.4, 0.5) is 25.8 Å². The lowest BCUT2D eigenvalue weighted by atomic mass is 10.2. The highest BCUT2D eigenvalue weighted by molar-refractivity contribution is 8.27. The van der Waals surface area contributed by atoms with Gasteiger partial charge in [-0.3, -0.25) is 13.4 Å². The summed E-state index contributed by atoms with van der Waals surface area (Å²) in [5, 5.41) is 12.8. The standard InChI is InChI=1S/C17H21F2N3O3S/c1-20-11-12(23)9-10-21-15-7-2-3-8-16(15)22(26(21,24)25)17-13(18)5-4-6-14(17)19/h2-8,12,20,23-25H,9-11H2,1H3/t12-/m1/s1. The molecule has 0 saturated carbocycles. The molecule has 9 heteroatoms. The zero-order valence-electron chi connectivity index (χ0n) is 14.1. The van der Waals surface area contributed by atoms with Gasteiger partial charge in [0.15, 0.2) is 11.6 Å². The van der Waals surface area contributed by atoms with Crippen LogP contribution in [-0.2, 0) is 0 Å². The lowest BCUT2D eigenvalue weighted by molar-refractivity contribution is 0.167. The molecule has 2 aromatic rings. The summed E-state index contributed by atoms with van der Waals surface area (Å²) in [4.78, 5) is 0. The van der Waals surface area contributed by atoms with Gasteiger partial charge >= 0.3 is 0 Å². The van der Waals surface area contributed by atoms with Crippen molar-refractivity contribution in [2.45, 2.75) is 12.5 Å².